The number of rotatable bonds is 7. The maximum atomic E-state index is 11.6. The van der Waals surface area contributed by atoms with Crippen LogP contribution in [0.1, 0.15) is 5.56 Å². The van der Waals surface area contributed by atoms with Crippen molar-refractivity contribution in [1.82, 2.24) is 5.32 Å². The van der Waals surface area contributed by atoms with Gasteiger partial charge in [-0.05, 0) is 17.7 Å². The van der Waals surface area contributed by atoms with Crippen molar-refractivity contribution in [3.63, 3.8) is 0 Å². The van der Waals surface area contributed by atoms with Crippen molar-refractivity contribution >= 4 is 35.2 Å². The molecule has 2 N–H and O–H groups in total. The number of benzene rings is 1. The van der Waals surface area contributed by atoms with E-state index in [1.165, 1.54) is 18.9 Å². The Balaban J connectivity index is 2.34. The summed E-state index contributed by atoms with van der Waals surface area (Å²) in [6.07, 6.45) is 0. The van der Waals surface area contributed by atoms with E-state index in [1.54, 1.807) is 6.07 Å². The van der Waals surface area contributed by atoms with E-state index in [1.807, 2.05) is 18.2 Å². The van der Waals surface area contributed by atoms with Gasteiger partial charge in [0.05, 0.1) is 19.5 Å². The second-order valence-electron chi connectivity index (χ2n) is 3.95. The number of methoxy groups -OCH3 is 1. The van der Waals surface area contributed by atoms with Gasteiger partial charge in [0.2, 0.25) is 5.91 Å². The minimum Gasteiger partial charge on any atom is -0.467 e. The summed E-state index contributed by atoms with van der Waals surface area (Å²) in [6, 6.07) is 6.36. The zero-order valence-electron chi connectivity index (χ0n) is 11.0. The smallest absolute Gasteiger partial charge is 0.330 e. The lowest BCUT2D eigenvalue weighted by Gasteiger charge is -2.13. The van der Waals surface area contributed by atoms with Gasteiger partial charge in [0.25, 0.3) is 0 Å². The number of thioether (sulfide) groups is 1. The monoisotopic (exact) mass is 317 g/mol. The molecule has 0 saturated carbocycles. The summed E-state index contributed by atoms with van der Waals surface area (Å²) < 4.78 is 4.46. The molecule has 1 aromatic rings. The van der Waals surface area contributed by atoms with Gasteiger partial charge in [-0.2, -0.15) is 0 Å². The van der Waals surface area contributed by atoms with Crippen LogP contribution in [0.3, 0.4) is 0 Å². The lowest BCUT2D eigenvalue weighted by Crippen LogP contribution is -2.44. The zero-order valence-corrected chi connectivity index (χ0v) is 12.5. The molecule has 1 atom stereocenters. The molecule has 0 aromatic heterocycles. The third kappa shape index (κ3) is 5.81. The number of amides is 1. The van der Waals surface area contributed by atoms with Crippen molar-refractivity contribution in [2.45, 2.75) is 11.8 Å². The molecule has 0 aliphatic heterocycles. The van der Waals surface area contributed by atoms with Crippen LogP contribution in [0, 0.1) is 0 Å². The Morgan fingerprint density at radius 1 is 1.50 bits per heavy atom. The van der Waals surface area contributed by atoms with Crippen LogP contribution < -0.4 is 5.32 Å². The van der Waals surface area contributed by atoms with Crippen molar-refractivity contribution in [2.24, 2.45) is 0 Å². The number of carbonyl (C=O) groups is 2. The topological polar surface area (TPSA) is 75.6 Å². The lowest BCUT2D eigenvalue weighted by atomic mass is 10.2. The van der Waals surface area contributed by atoms with Gasteiger partial charge in [-0.15, -0.1) is 11.8 Å². The summed E-state index contributed by atoms with van der Waals surface area (Å²) >= 11 is 7.25. The molecule has 1 unspecified atom stereocenters. The van der Waals surface area contributed by atoms with E-state index in [-0.39, 0.29) is 11.7 Å². The predicted octanol–water partition coefficient (Wildman–Crippen LogP) is 1.22. The van der Waals surface area contributed by atoms with Gasteiger partial charge >= 0.3 is 5.97 Å². The molecule has 1 amide bonds. The van der Waals surface area contributed by atoms with Gasteiger partial charge in [0.15, 0.2) is 6.04 Å². The van der Waals surface area contributed by atoms with E-state index in [0.717, 1.165) is 5.56 Å². The molecule has 110 valence electrons. The number of esters is 1. The van der Waals surface area contributed by atoms with E-state index in [0.29, 0.717) is 10.8 Å². The quantitative estimate of drug-likeness (QED) is 0.740. The van der Waals surface area contributed by atoms with Crippen molar-refractivity contribution in [3.05, 3.63) is 34.9 Å². The highest BCUT2D eigenvalue weighted by molar-refractivity contribution is 7.99. The van der Waals surface area contributed by atoms with Gasteiger partial charge in [-0.3, -0.25) is 4.79 Å². The van der Waals surface area contributed by atoms with Crippen molar-refractivity contribution in [3.8, 4) is 0 Å². The molecule has 0 fully saturated rings. The summed E-state index contributed by atoms with van der Waals surface area (Å²) in [5, 5.41) is 12.0. The van der Waals surface area contributed by atoms with Crippen molar-refractivity contribution in [2.75, 3.05) is 19.5 Å². The third-order valence-corrected chi connectivity index (χ3v) is 3.63. The average Bonchev–Trinajstić information content (AvgIpc) is 2.44. The summed E-state index contributed by atoms with van der Waals surface area (Å²) in [5.41, 5.74) is 1.02. The Bertz CT molecular complexity index is 469. The van der Waals surface area contributed by atoms with Crippen LogP contribution in [0.15, 0.2) is 24.3 Å². The first-order valence-corrected chi connectivity index (χ1v) is 7.40. The third-order valence-electron chi connectivity index (χ3n) is 2.39. The molecule has 0 aliphatic carbocycles. The van der Waals surface area contributed by atoms with Crippen LogP contribution in [0.4, 0.5) is 0 Å². The zero-order chi connectivity index (χ0) is 15.0. The standard InChI is InChI=1S/C13H16ClNO4S/c1-19-13(18)11(6-16)15-12(17)8-20-7-9-3-2-4-10(14)5-9/h2-5,11,16H,6-8H2,1H3,(H,15,17). The Labute approximate surface area is 126 Å². The van der Waals surface area contributed by atoms with Crippen LogP contribution in [0.25, 0.3) is 0 Å². The highest BCUT2D eigenvalue weighted by Gasteiger charge is 2.20. The molecule has 0 saturated heterocycles. The molecule has 0 bridgehead atoms. The average molecular weight is 318 g/mol. The Morgan fingerprint density at radius 2 is 2.25 bits per heavy atom. The van der Waals surface area contributed by atoms with Crippen LogP contribution in [0.2, 0.25) is 5.02 Å². The lowest BCUT2D eigenvalue weighted by molar-refractivity contribution is -0.145. The van der Waals surface area contributed by atoms with E-state index >= 15 is 0 Å². The number of halogens is 1. The molecule has 1 aromatic carbocycles. The maximum absolute atomic E-state index is 11.6. The Hall–Kier alpha value is -1.24. The predicted molar refractivity (Wildman–Crippen MR) is 78.6 cm³/mol. The van der Waals surface area contributed by atoms with Crippen LogP contribution in [-0.4, -0.2) is 42.5 Å². The summed E-state index contributed by atoms with van der Waals surface area (Å²) in [6.45, 7) is -0.489. The first-order chi connectivity index (χ1) is 9.56. The fourth-order valence-electron chi connectivity index (χ4n) is 1.45. The highest BCUT2D eigenvalue weighted by atomic mass is 35.5. The highest BCUT2D eigenvalue weighted by Crippen LogP contribution is 2.16. The number of ether oxygens (including phenoxy) is 1. The molecule has 0 radical (unpaired) electrons. The fourth-order valence-corrected chi connectivity index (χ4v) is 2.44. The fraction of sp³-hybridized carbons (Fsp3) is 0.385. The molecule has 0 spiro atoms. The Kier molecular flexibility index (Phi) is 7.43. The number of aliphatic hydroxyl groups excluding tert-OH is 1. The van der Waals surface area contributed by atoms with Crippen LogP contribution in [0.5, 0.6) is 0 Å². The largest absolute Gasteiger partial charge is 0.467 e. The van der Waals surface area contributed by atoms with Gasteiger partial charge in [0, 0.05) is 10.8 Å². The summed E-state index contributed by atoms with van der Waals surface area (Å²) in [4.78, 5) is 22.8. The normalized spacial score (nSPS) is 11.8. The first-order valence-electron chi connectivity index (χ1n) is 5.87. The van der Waals surface area contributed by atoms with E-state index in [2.05, 4.69) is 10.1 Å². The number of nitrogens with one attached hydrogen (secondary N) is 1. The number of hydrogen-bond acceptors (Lipinski definition) is 5. The van der Waals surface area contributed by atoms with Crippen molar-refractivity contribution in [1.29, 1.82) is 0 Å². The van der Waals surface area contributed by atoms with Crippen LogP contribution in [-0.2, 0) is 20.1 Å². The van der Waals surface area contributed by atoms with E-state index in [9.17, 15) is 9.59 Å². The first kappa shape index (κ1) is 16.8. The number of aliphatic hydroxyl groups is 1. The number of carbonyl (C=O) groups excluding carboxylic acids is 2. The molecule has 20 heavy (non-hydrogen) atoms. The molecule has 0 heterocycles. The van der Waals surface area contributed by atoms with E-state index < -0.39 is 18.6 Å². The van der Waals surface area contributed by atoms with Crippen molar-refractivity contribution < 1.29 is 19.4 Å². The van der Waals surface area contributed by atoms with E-state index in [4.69, 9.17) is 16.7 Å². The van der Waals surface area contributed by atoms with Gasteiger partial charge in [-0.1, -0.05) is 23.7 Å². The summed E-state index contributed by atoms with van der Waals surface area (Å²) in [5.74, 6) is -0.183. The second-order valence-corrected chi connectivity index (χ2v) is 5.37. The molecule has 5 nitrogen and oxygen atoms in total. The minimum atomic E-state index is -1.01. The SMILES string of the molecule is COC(=O)C(CO)NC(=O)CSCc1cccc(Cl)c1. The molecular formula is C13H16ClNO4S. The molecule has 1 rings (SSSR count). The van der Waals surface area contributed by atoms with Crippen LogP contribution >= 0.6 is 23.4 Å². The second kappa shape index (κ2) is 8.84. The maximum Gasteiger partial charge on any atom is 0.330 e. The Morgan fingerprint density at radius 3 is 2.85 bits per heavy atom. The minimum absolute atomic E-state index is 0.181. The molecule has 0 aliphatic rings. The molecular weight excluding hydrogens is 302 g/mol. The summed E-state index contributed by atoms with van der Waals surface area (Å²) in [7, 11) is 1.20. The van der Waals surface area contributed by atoms with Gasteiger partial charge < -0.3 is 15.2 Å². The van der Waals surface area contributed by atoms with Gasteiger partial charge in [0.1, 0.15) is 0 Å². The molecule has 7 heteroatoms. The number of hydrogen-bond donors (Lipinski definition) is 2. The van der Waals surface area contributed by atoms with Gasteiger partial charge in [-0.25, -0.2) is 4.79 Å².